The van der Waals surface area contributed by atoms with E-state index in [4.69, 9.17) is 0 Å². The van der Waals surface area contributed by atoms with Gasteiger partial charge in [0.25, 0.3) is 5.56 Å². The molecule has 2 amide bonds. The Morgan fingerprint density at radius 3 is 2.58 bits per heavy atom. The number of fused-ring (bicyclic) bond motifs is 1. The Balaban J connectivity index is 1.79. The maximum Gasteiger partial charge on any atom is 0.435 e. The highest BCUT2D eigenvalue weighted by atomic mass is 19.4. The normalized spacial score (nSPS) is 19.0. The number of nitrogens with zero attached hydrogens (tertiary/aromatic N) is 2. The standard InChI is InChI=1S/C15H19F3N4O2/c16-15(17,18)12-11-8-22(7-6-10(11)13(23)21-20-12)14(24)19-9-4-2-1-3-5-9/h9H,1-8H2,(H,19,24)(H,21,23). The third-order valence-electron chi connectivity index (χ3n) is 4.66. The van der Waals surface area contributed by atoms with Crippen LogP contribution in [-0.2, 0) is 19.1 Å². The van der Waals surface area contributed by atoms with Crippen molar-refractivity contribution >= 4 is 6.03 Å². The van der Waals surface area contributed by atoms with E-state index < -0.39 is 17.4 Å². The minimum Gasteiger partial charge on any atom is -0.335 e. The molecule has 0 aromatic carbocycles. The molecule has 1 aliphatic carbocycles. The lowest BCUT2D eigenvalue weighted by atomic mass is 9.95. The number of amides is 2. The zero-order valence-corrected chi connectivity index (χ0v) is 13.1. The second-order valence-electron chi connectivity index (χ2n) is 6.31. The monoisotopic (exact) mass is 344 g/mol. The summed E-state index contributed by atoms with van der Waals surface area (Å²) in [5.41, 5.74) is -1.87. The first-order valence-corrected chi connectivity index (χ1v) is 8.09. The SMILES string of the molecule is O=C(NC1CCCCC1)N1CCc2c(c(C(F)(F)F)n[nH]c2=O)C1. The number of aromatic nitrogens is 2. The van der Waals surface area contributed by atoms with Gasteiger partial charge in [-0.15, -0.1) is 0 Å². The summed E-state index contributed by atoms with van der Waals surface area (Å²) < 4.78 is 39.3. The molecule has 1 aromatic rings. The molecule has 1 aromatic heterocycles. The van der Waals surface area contributed by atoms with E-state index in [2.05, 4.69) is 10.4 Å². The van der Waals surface area contributed by atoms with Crippen molar-refractivity contribution in [3.63, 3.8) is 0 Å². The zero-order valence-electron chi connectivity index (χ0n) is 13.1. The van der Waals surface area contributed by atoms with E-state index in [9.17, 15) is 22.8 Å². The number of urea groups is 1. The summed E-state index contributed by atoms with van der Waals surface area (Å²) in [4.78, 5) is 25.4. The lowest BCUT2D eigenvalue weighted by molar-refractivity contribution is -0.142. The number of nitrogens with one attached hydrogen (secondary N) is 2. The van der Waals surface area contributed by atoms with Gasteiger partial charge in [-0.05, 0) is 19.3 Å². The highest BCUT2D eigenvalue weighted by molar-refractivity contribution is 5.75. The summed E-state index contributed by atoms with van der Waals surface area (Å²) in [6, 6.07) is -0.298. The number of halogens is 3. The molecular weight excluding hydrogens is 325 g/mol. The number of aromatic amines is 1. The van der Waals surface area contributed by atoms with E-state index in [-0.39, 0.29) is 42.7 Å². The van der Waals surface area contributed by atoms with E-state index in [1.807, 2.05) is 5.10 Å². The van der Waals surface area contributed by atoms with E-state index in [0.29, 0.717) is 0 Å². The number of carbonyl (C=O) groups is 1. The first-order valence-electron chi connectivity index (χ1n) is 8.09. The molecular formula is C15H19F3N4O2. The minimum absolute atomic E-state index is 0.0686. The van der Waals surface area contributed by atoms with Crippen molar-refractivity contribution in [1.29, 1.82) is 0 Å². The lowest BCUT2D eigenvalue weighted by Gasteiger charge is -2.32. The first kappa shape index (κ1) is 16.8. The van der Waals surface area contributed by atoms with Gasteiger partial charge in [0.15, 0.2) is 5.69 Å². The van der Waals surface area contributed by atoms with Gasteiger partial charge in [0, 0.05) is 23.7 Å². The lowest BCUT2D eigenvalue weighted by Crippen LogP contribution is -2.48. The van der Waals surface area contributed by atoms with Crippen molar-refractivity contribution in [2.45, 2.75) is 57.3 Å². The van der Waals surface area contributed by atoms with Crippen LogP contribution < -0.4 is 10.9 Å². The van der Waals surface area contributed by atoms with E-state index in [0.717, 1.165) is 32.1 Å². The van der Waals surface area contributed by atoms with Gasteiger partial charge in [-0.3, -0.25) is 4.79 Å². The fourth-order valence-corrected chi connectivity index (χ4v) is 3.39. The Morgan fingerprint density at radius 1 is 1.21 bits per heavy atom. The molecule has 0 radical (unpaired) electrons. The second-order valence-corrected chi connectivity index (χ2v) is 6.31. The van der Waals surface area contributed by atoms with Crippen LogP contribution in [0.3, 0.4) is 0 Å². The van der Waals surface area contributed by atoms with E-state index >= 15 is 0 Å². The maximum atomic E-state index is 13.1. The molecule has 2 heterocycles. The van der Waals surface area contributed by atoms with Gasteiger partial charge in [0.05, 0.1) is 6.54 Å². The number of rotatable bonds is 1. The van der Waals surface area contributed by atoms with Crippen LogP contribution >= 0.6 is 0 Å². The molecule has 9 heteroatoms. The summed E-state index contributed by atoms with van der Waals surface area (Å²) in [5, 5.41) is 7.94. The Bertz CT molecular complexity index is 680. The Labute approximate surface area is 136 Å². The van der Waals surface area contributed by atoms with Gasteiger partial charge < -0.3 is 10.2 Å². The summed E-state index contributed by atoms with van der Waals surface area (Å²) in [6.45, 7) is -0.0321. The van der Waals surface area contributed by atoms with Crippen LogP contribution in [-0.4, -0.2) is 33.7 Å². The summed E-state index contributed by atoms with van der Waals surface area (Å²) in [6.07, 6.45) is 0.450. The average Bonchev–Trinajstić information content (AvgIpc) is 2.54. The molecule has 0 unspecified atom stereocenters. The molecule has 0 saturated heterocycles. The summed E-state index contributed by atoms with van der Waals surface area (Å²) in [7, 11) is 0. The highest BCUT2D eigenvalue weighted by Gasteiger charge is 2.39. The van der Waals surface area contributed by atoms with Gasteiger partial charge in [-0.25, -0.2) is 9.89 Å². The predicted octanol–water partition coefficient (Wildman–Crippen LogP) is 2.19. The molecule has 0 atom stereocenters. The van der Waals surface area contributed by atoms with Crippen LogP contribution in [0.4, 0.5) is 18.0 Å². The third kappa shape index (κ3) is 3.39. The van der Waals surface area contributed by atoms with Gasteiger partial charge >= 0.3 is 12.2 Å². The Hall–Kier alpha value is -2.06. The van der Waals surface area contributed by atoms with Crippen LogP contribution in [0.2, 0.25) is 0 Å². The quantitative estimate of drug-likeness (QED) is 0.820. The summed E-state index contributed by atoms with van der Waals surface area (Å²) >= 11 is 0. The minimum atomic E-state index is -4.67. The molecule has 0 bridgehead atoms. The fraction of sp³-hybridized carbons (Fsp3) is 0.667. The maximum absolute atomic E-state index is 13.1. The molecule has 1 fully saturated rings. The van der Waals surface area contributed by atoms with Gasteiger partial charge in [-0.2, -0.15) is 18.3 Å². The van der Waals surface area contributed by atoms with Crippen molar-refractivity contribution in [1.82, 2.24) is 20.4 Å². The van der Waals surface area contributed by atoms with Crippen LogP contribution in [0.25, 0.3) is 0 Å². The van der Waals surface area contributed by atoms with Crippen LogP contribution in [0.15, 0.2) is 4.79 Å². The number of carbonyl (C=O) groups excluding carboxylic acids is 1. The van der Waals surface area contributed by atoms with Crippen LogP contribution in [0, 0.1) is 0 Å². The van der Waals surface area contributed by atoms with Crippen molar-refractivity contribution in [2.24, 2.45) is 0 Å². The average molecular weight is 344 g/mol. The Kier molecular flexibility index (Phi) is 4.51. The molecule has 24 heavy (non-hydrogen) atoms. The predicted molar refractivity (Wildman–Crippen MR) is 79.4 cm³/mol. The zero-order chi connectivity index (χ0) is 17.3. The van der Waals surface area contributed by atoms with Crippen molar-refractivity contribution < 1.29 is 18.0 Å². The number of H-pyrrole nitrogens is 1. The number of hydrogen-bond donors (Lipinski definition) is 2. The molecule has 0 spiro atoms. The highest BCUT2D eigenvalue weighted by Crippen LogP contribution is 2.32. The van der Waals surface area contributed by atoms with E-state index in [1.54, 1.807) is 0 Å². The largest absolute Gasteiger partial charge is 0.435 e. The van der Waals surface area contributed by atoms with Gasteiger partial charge in [0.2, 0.25) is 0 Å². The summed E-state index contributed by atoms with van der Waals surface area (Å²) in [5.74, 6) is 0. The molecule has 132 valence electrons. The van der Waals surface area contributed by atoms with E-state index in [1.165, 1.54) is 4.90 Å². The van der Waals surface area contributed by atoms with Crippen molar-refractivity contribution in [3.05, 3.63) is 27.2 Å². The molecule has 1 aliphatic heterocycles. The van der Waals surface area contributed by atoms with Crippen molar-refractivity contribution in [3.8, 4) is 0 Å². The first-order chi connectivity index (χ1) is 11.4. The molecule has 6 nitrogen and oxygen atoms in total. The second kappa shape index (κ2) is 6.45. The van der Waals surface area contributed by atoms with Crippen LogP contribution in [0.5, 0.6) is 0 Å². The number of alkyl halides is 3. The van der Waals surface area contributed by atoms with Gasteiger partial charge in [-0.1, -0.05) is 19.3 Å². The molecule has 2 N–H and O–H groups in total. The fourth-order valence-electron chi connectivity index (χ4n) is 3.39. The number of hydrogen-bond acceptors (Lipinski definition) is 3. The molecule has 1 saturated carbocycles. The van der Waals surface area contributed by atoms with Crippen LogP contribution in [0.1, 0.15) is 48.9 Å². The molecule has 3 rings (SSSR count). The van der Waals surface area contributed by atoms with Crippen molar-refractivity contribution in [2.75, 3.05) is 6.54 Å². The topological polar surface area (TPSA) is 78.1 Å². The Morgan fingerprint density at radius 2 is 1.92 bits per heavy atom. The smallest absolute Gasteiger partial charge is 0.335 e. The molecule has 2 aliphatic rings. The van der Waals surface area contributed by atoms with Gasteiger partial charge in [0.1, 0.15) is 0 Å². The third-order valence-corrected chi connectivity index (χ3v) is 4.66.